The molecule has 2 atom stereocenters. The van der Waals surface area contributed by atoms with Gasteiger partial charge in [0.05, 0.1) is 12.5 Å². The highest BCUT2D eigenvalue weighted by Gasteiger charge is 2.43. The Balaban J connectivity index is 1.79. The van der Waals surface area contributed by atoms with Crippen molar-refractivity contribution in [2.45, 2.75) is 24.9 Å². The molecule has 3 rings (SSSR count). The van der Waals surface area contributed by atoms with Gasteiger partial charge in [-0.1, -0.05) is 12.1 Å². The molecule has 2 aliphatic rings. The van der Waals surface area contributed by atoms with Gasteiger partial charge < -0.3 is 15.3 Å². The van der Waals surface area contributed by atoms with Crippen LogP contribution in [0.15, 0.2) is 24.3 Å². The van der Waals surface area contributed by atoms with Crippen molar-refractivity contribution in [3.63, 3.8) is 0 Å². The largest absolute Gasteiger partial charge is 0.481 e. The maximum absolute atomic E-state index is 12.8. The molecule has 9 heteroatoms. The van der Waals surface area contributed by atoms with Gasteiger partial charge in [-0.2, -0.15) is 11.8 Å². The Hall–Kier alpha value is -2.55. The highest BCUT2D eigenvalue weighted by atomic mass is 32.2. The first-order chi connectivity index (χ1) is 12.3. The maximum Gasteiger partial charge on any atom is 0.322 e. The number of benzene rings is 1. The van der Waals surface area contributed by atoms with E-state index in [-0.39, 0.29) is 18.4 Å². The van der Waals surface area contributed by atoms with Crippen molar-refractivity contribution in [3.05, 3.63) is 35.4 Å². The zero-order chi connectivity index (χ0) is 18.9. The van der Waals surface area contributed by atoms with Crippen LogP contribution in [0.25, 0.3) is 0 Å². The molecule has 0 bridgehead atoms. The predicted octanol–water partition coefficient (Wildman–Crippen LogP) is 0.774. The second-order valence-electron chi connectivity index (χ2n) is 6.44. The van der Waals surface area contributed by atoms with Gasteiger partial charge in [0.15, 0.2) is 0 Å². The molecule has 1 aromatic rings. The van der Waals surface area contributed by atoms with Crippen LogP contribution in [-0.2, 0) is 15.1 Å². The molecule has 2 heterocycles. The van der Waals surface area contributed by atoms with Gasteiger partial charge in [-0.05, 0) is 24.6 Å². The summed E-state index contributed by atoms with van der Waals surface area (Å²) in [6.07, 6.45) is -0.0822. The molecule has 2 fully saturated rings. The lowest BCUT2D eigenvalue weighted by atomic mass is 9.91. The third kappa shape index (κ3) is 3.39. The van der Waals surface area contributed by atoms with Gasteiger partial charge in [0.2, 0.25) is 0 Å². The van der Waals surface area contributed by atoms with Gasteiger partial charge in [0, 0.05) is 23.6 Å². The average Bonchev–Trinajstić information content (AvgIpc) is 2.87. The Kier molecular flexibility index (Phi) is 4.90. The summed E-state index contributed by atoms with van der Waals surface area (Å²) in [6, 6.07) is 5.56. The third-order valence-corrected chi connectivity index (χ3v) is 5.74. The Morgan fingerprint density at radius 1 is 1.31 bits per heavy atom. The quantitative estimate of drug-likeness (QED) is 0.668. The summed E-state index contributed by atoms with van der Waals surface area (Å²) in [5, 5.41) is 13.8. The number of rotatable bonds is 4. The number of hydrogen-bond donors (Lipinski definition) is 3. The molecule has 26 heavy (non-hydrogen) atoms. The summed E-state index contributed by atoms with van der Waals surface area (Å²) in [7, 11) is 0. The summed E-state index contributed by atoms with van der Waals surface area (Å²) in [5.74, 6) is -0.240. The van der Waals surface area contributed by atoms with E-state index in [0.717, 1.165) is 5.75 Å². The van der Waals surface area contributed by atoms with Crippen LogP contribution < -0.4 is 10.6 Å². The van der Waals surface area contributed by atoms with Crippen LogP contribution in [0.4, 0.5) is 4.79 Å². The van der Waals surface area contributed by atoms with E-state index < -0.39 is 23.4 Å². The number of nitrogens with zero attached hydrogens (tertiary/aromatic N) is 1. The number of amides is 4. The zero-order valence-corrected chi connectivity index (χ0v) is 15.0. The maximum atomic E-state index is 12.8. The Labute approximate surface area is 154 Å². The van der Waals surface area contributed by atoms with Crippen molar-refractivity contribution in [1.82, 2.24) is 15.5 Å². The number of carboxylic acid groups (broad SMARTS) is 1. The van der Waals surface area contributed by atoms with Crippen LogP contribution in [0.2, 0.25) is 0 Å². The number of hydrogen-bond acceptors (Lipinski definition) is 5. The molecule has 0 saturated carbocycles. The fourth-order valence-electron chi connectivity index (χ4n) is 3.15. The molecule has 0 spiro atoms. The molecule has 2 aliphatic heterocycles. The molecule has 0 radical (unpaired) electrons. The number of carboxylic acids is 1. The van der Waals surface area contributed by atoms with E-state index in [1.165, 1.54) is 0 Å². The minimum absolute atomic E-state index is 0.0822. The third-order valence-electron chi connectivity index (χ3n) is 4.65. The first-order valence-electron chi connectivity index (χ1n) is 8.16. The lowest BCUT2D eigenvalue weighted by Crippen LogP contribution is -2.47. The van der Waals surface area contributed by atoms with Crippen LogP contribution in [0.5, 0.6) is 0 Å². The summed E-state index contributed by atoms with van der Waals surface area (Å²) in [4.78, 5) is 48.8. The van der Waals surface area contributed by atoms with E-state index >= 15 is 0 Å². The number of carbonyl (C=O) groups excluding carboxylic acids is 3. The molecule has 0 aromatic heterocycles. The van der Waals surface area contributed by atoms with E-state index in [2.05, 4.69) is 10.6 Å². The monoisotopic (exact) mass is 377 g/mol. The topological polar surface area (TPSA) is 116 Å². The van der Waals surface area contributed by atoms with Crippen LogP contribution in [0.1, 0.15) is 29.3 Å². The molecule has 138 valence electrons. The van der Waals surface area contributed by atoms with Crippen LogP contribution in [-0.4, -0.2) is 57.9 Å². The van der Waals surface area contributed by atoms with E-state index in [4.69, 9.17) is 5.11 Å². The standard InChI is InChI=1S/C17H19N3O5S/c1-17(15(24)18-16(25)19-17)11-4-2-10(3-5-11)14(23)20-6-7-26-9-12(20)8-13(21)22/h2-5,12H,6-9H2,1H3,(H,21,22)(H2,18,19,24,25). The van der Waals surface area contributed by atoms with Crippen molar-refractivity contribution in [2.75, 3.05) is 18.1 Å². The summed E-state index contributed by atoms with van der Waals surface area (Å²) in [5.41, 5.74) is -0.190. The second kappa shape index (κ2) is 6.99. The van der Waals surface area contributed by atoms with E-state index in [0.29, 0.717) is 23.4 Å². The van der Waals surface area contributed by atoms with Crippen LogP contribution in [0.3, 0.4) is 0 Å². The molecule has 8 nitrogen and oxygen atoms in total. The number of nitrogens with one attached hydrogen (secondary N) is 2. The lowest BCUT2D eigenvalue weighted by Gasteiger charge is -2.34. The fraction of sp³-hybridized carbons (Fsp3) is 0.412. The van der Waals surface area contributed by atoms with Gasteiger partial charge in [0.25, 0.3) is 11.8 Å². The molecule has 2 saturated heterocycles. The van der Waals surface area contributed by atoms with Crippen LogP contribution in [0, 0.1) is 0 Å². The van der Waals surface area contributed by atoms with Gasteiger partial charge in [0.1, 0.15) is 5.54 Å². The molecule has 0 aliphatic carbocycles. The van der Waals surface area contributed by atoms with E-state index in [1.54, 1.807) is 47.9 Å². The van der Waals surface area contributed by atoms with Crippen molar-refractivity contribution >= 4 is 35.6 Å². The highest BCUT2D eigenvalue weighted by Crippen LogP contribution is 2.26. The van der Waals surface area contributed by atoms with Crippen molar-refractivity contribution in [1.29, 1.82) is 0 Å². The summed E-state index contributed by atoms with van der Waals surface area (Å²) in [6.45, 7) is 2.09. The first kappa shape index (κ1) is 18.2. The predicted molar refractivity (Wildman–Crippen MR) is 94.9 cm³/mol. The van der Waals surface area contributed by atoms with Gasteiger partial charge in [-0.15, -0.1) is 0 Å². The van der Waals surface area contributed by atoms with Gasteiger partial charge in [-0.25, -0.2) is 4.79 Å². The average molecular weight is 377 g/mol. The second-order valence-corrected chi connectivity index (χ2v) is 7.59. The highest BCUT2D eigenvalue weighted by molar-refractivity contribution is 7.99. The Morgan fingerprint density at radius 2 is 2.00 bits per heavy atom. The molecular weight excluding hydrogens is 358 g/mol. The molecule has 2 unspecified atom stereocenters. The smallest absolute Gasteiger partial charge is 0.322 e. The van der Waals surface area contributed by atoms with Crippen molar-refractivity contribution in [3.8, 4) is 0 Å². The van der Waals surface area contributed by atoms with Gasteiger partial charge in [-0.3, -0.25) is 19.7 Å². The Morgan fingerprint density at radius 3 is 2.58 bits per heavy atom. The minimum Gasteiger partial charge on any atom is -0.481 e. The normalized spacial score (nSPS) is 25.6. The lowest BCUT2D eigenvalue weighted by molar-refractivity contribution is -0.138. The van der Waals surface area contributed by atoms with Crippen molar-refractivity contribution < 1.29 is 24.3 Å². The summed E-state index contributed by atoms with van der Waals surface area (Å²) < 4.78 is 0. The number of thioether (sulfide) groups is 1. The number of carbonyl (C=O) groups is 4. The summed E-state index contributed by atoms with van der Waals surface area (Å²) >= 11 is 1.64. The SMILES string of the molecule is CC1(c2ccc(C(=O)N3CCSCC3CC(=O)O)cc2)NC(=O)NC1=O. The molecule has 1 aromatic carbocycles. The van der Waals surface area contributed by atoms with E-state index in [1.807, 2.05) is 0 Å². The van der Waals surface area contributed by atoms with Crippen LogP contribution >= 0.6 is 11.8 Å². The van der Waals surface area contributed by atoms with E-state index in [9.17, 15) is 19.2 Å². The molecule has 4 amide bonds. The minimum atomic E-state index is -1.17. The first-order valence-corrected chi connectivity index (χ1v) is 9.31. The fourth-order valence-corrected chi connectivity index (χ4v) is 4.21. The Bertz CT molecular complexity index is 766. The van der Waals surface area contributed by atoms with Crippen molar-refractivity contribution in [2.24, 2.45) is 0 Å². The molecular formula is C17H19N3O5S. The number of urea groups is 1. The number of aliphatic carboxylic acids is 1. The molecule has 3 N–H and O–H groups in total. The van der Waals surface area contributed by atoms with Gasteiger partial charge >= 0.3 is 12.0 Å². The zero-order valence-electron chi connectivity index (χ0n) is 14.2. The number of imide groups is 1.